The number of hydrogen-bond donors (Lipinski definition) is 2. The van der Waals surface area contributed by atoms with Crippen LogP contribution in [-0.4, -0.2) is 38.4 Å². The Balaban J connectivity index is 1.69. The number of allylic oxidation sites excluding steroid dienone is 1. The molecule has 0 amide bonds. The summed E-state index contributed by atoms with van der Waals surface area (Å²) in [6.45, 7) is 10.7. The number of benzene rings is 2. The molecule has 4 nitrogen and oxygen atoms in total. The Hall–Kier alpha value is -2.17. The number of methoxy groups -OCH3 is 1. The summed E-state index contributed by atoms with van der Waals surface area (Å²) in [7, 11) is 1.59. The van der Waals surface area contributed by atoms with Crippen LogP contribution in [0.2, 0.25) is 5.02 Å². The van der Waals surface area contributed by atoms with Gasteiger partial charge in [-0.2, -0.15) is 0 Å². The van der Waals surface area contributed by atoms with Gasteiger partial charge >= 0.3 is 0 Å². The van der Waals surface area contributed by atoms with Gasteiger partial charge in [-0.05, 0) is 48.7 Å². The first-order valence-electron chi connectivity index (χ1n) is 9.36. The van der Waals surface area contributed by atoms with Crippen LogP contribution in [0, 0.1) is 6.92 Å². The lowest BCUT2D eigenvalue weighted by Gasteiger charge is -2.34. The van der Waals surface area contributed by atoms with Gasteiger partial charge in [0.25, 0.3) is 0 Å². The molecule has 5 heteroatoms. The summed E-state index contributed by atoms with van der Waals surface area (Å²) in [5.41, 5.74) is 4.53. The highest BCUT2D eigenvalue weighted by Crippen LogP contribution is 2.31. The molecule has 2 N–H and O–H groups in total. The maximum Gasteiger partial charge on any atom is 0.166 e. The van der Waals surface area contributed by atoms with Crippen LogP contribution in [0.3, 0.4) is 0 Å². The second-order valence-electron chi connectivity index (χ2n) is 7.14. The van der Waals surface area contributed by atoms with Crippen LogP contribution in [0.4, 0.5) is 5.69 Å². The van der Waals surface area contributed by atoms with Gasteiger partial charge in [-0.25, -0.2) is 0 Å². The Labute approximate surface area is 166 Å². The van der Waals surface area contributed by atoms with Crippen molar-refractivity contribution in [2.75, 3.05) is 38.2 Å². The number of nitrogens with one attached hydrogen (secondary N) is 1. The van der Waals surface area contributed by atoms with Crippen molar-refractivity contribution in [3.63, 3.8) is 0 Å². The fourth-order valence-electron chi connectivity index (χ4n) is 3.74. The smallest absolute Gasteiger partial charge is 0.166 e. The SMILES string of the molecule is C=CCc1cc(C[NH+]2CCN(c3cc(Cl)ccc3C)CC2)c(O)c(OC)c1. The van der Waals surface area contributed by atoms with E-state index in [4.69, 9.17) is 16.3 Å². The van der Waals surface area contributed by atoms with Gasteiger partial charge in [0.1, 0.15) is 6.54 Å². The van der Waals surface area contributed by atoms with Crippen molar-refractivity contribution in [1.29, 1.82) is 0 Å². The van der Waals surface area contributed by atoms with Gasteiger partial charge in [-0.3, -0.25) is 0 Å². The molecule has 144 valence electrons. The molecule has 0 saturated carbocycles. The molecule has 0 aliphatic carbocycles. The van der Waals surface area contributed by atoms with E-state index in [0.717, 1.165) is 55.3 Å². The number of phenolic OH excluding ortho intramolecular Hbond substituents is 1. The van der Waals surface area contributed by atoms with Gasteiger partial charge in [0, 0.05) is 10.7 Å². The minimum absolute atomic E-state index is 0.255. The first-order valence-corrected chi connectivity index (χ1v) is 9.74. The fraction of sp³-hybridized carbons (Fsp3) is 0.364. The fourth-order valence-corrected chi connectivity index (χ4v) is 3.90. The molecule has 2 aromatic carbocycles. The lowest BCUT2D eigenvalue weighted by Crippen LogP contribution is -3.13. The predicted molar refractivity (Wildman–Crippen MR) is 111 cm³/mol. The van der Waals surface area contributed by atoms with Gasteiger partial charge in [-0.15, -0.1) is 6.58 Å². The van der Waals surface area contributed by atoms with Crippen molar-refractivity contribution >= 4 is 17.3 Å². The molecule has 1 heterocycles. The number of aryl methyl sites for hydroxylation is 1. The van der Waals surface area contributed by atoms with Crippen molar-refractivity contribution < 1.29 is 14.7 Å². The number of hydrogen-bond acceptors (Lipinski definition) is 3. The zero-order chi connectivity index (χ0) is 19.4. The Morgan fingerprint density at radius 3 is 2.67 bits per heavy atom. The molecule has 1 aliphatic heterocycles. The van der Waals surface area contributed by atoms with E-state index >= 15 is 0 Å². The van der Waals surface area contributed by atoms with E-state index in [9.17, 15) is 5.11 Å². The highest BCUT2D eigenvalue weighted by molar-refractivity contribution is 6.30. The van der Waals surface area contributed by atoms with Crippen molar-refractivity contribution in [3.05, 3.63) is 64.7 Å². The van der Waals surface area contributed by atoms with Gasteiger partial charge in [-0.1, -0.05) is 23.7 Å². The van der Waals surface area contributed by atoms with E-state index in [1.807, 2.05) is 18.2 Å². The number of phenols is 1. The van der Waals surface area contributed by atoms with E-state index < -0.39 is 0 Å². The average molecular weight is 388 g/mol. The number of ether oxygens (including phenoxy) is 1. The predicted octanol–water partition coefficient (Wildman–Crippen LogP) is 3.00. The van der Waals surface area contributed by atoms with Crippen molar-refractivity contribution in [3.8, 4) is 11.5 Å². The minimum atomic E-state index is 0.255. The van der Waals surface area contributed by atoms with Crippen LogP contribution < -0.4 is 14.5 Å². The van der Waals surface area contributed by atoms with Gasteiger partial charge in [0.2, 0.25) is 0 Å². The number of piperazine rings is 1. The van der Waals surface area contributed by atoms with E-state index in [-0.39, 0.29) is 5.75 Å². The van der Waals surface area contributed by atoms with Crippen LogP contribution in [0.1, 0.15) is 16.7 Å². The van der Waals surface area contributed by atoms with E-state index in [1.54, 1.807) is 7.11 Å². The molecule has 0 aromatic heterocycles. The van der Waals surface area contributed by atoms with E-state index in [2.05, 4.69) is 36.6 Å². The first-order chi connectivity index (χ1) is 13.0. The third kappa shape index (κ3) is 4.57. The van der Waals surface area contributed by atoms with E-state index in [0.29, 0.717) is 5.75 Å². The summed E-state index contributed by atoms with van der Waals surface area (Å²) in [6, 6.07) is 10.0. The van der Waals surface area contributed by atoms with Crippen LogP contribution in [0.15, 0.2) is 43.0 Å². The quantitative estimate of drug-likeness (QED) is 0.748. The summed E-state index contributed by atoms with van der Waals surface area (Å²) in [6.07, 6.45) is 2.63. The molecular weight excluding hydrogens is 360 g/mol. The largest absolute Gasteiger partial charge is 0.504 e. The maximum atomic E-state index is 10.5. The number of halogens is 1. The zero-order valence-corrected chi connectivity index (χ0v) is 16.9. The first kappa shape index (κ1) is 19.6. The van der Waals surface area contributed by atoms with Gasteiger partial charge in [0.05, 0.1) is 38.9 Å². The second-order valence-corrected chi connectivity index (χ2v) is 7.58. The number of quaternary nitrogens is 1. The summed E-state index contributed by atoms with van der Waals surface area (Å²) < 4.78 is 5.35. The van der Waals surface area contributed by atoms with Crippen LogP contribution in [0.25, 0.3) is 0 Å². The molecule has 0 radical (unpaired) electrons. The molecule has 0 spiro atoms. The molecule has 2 aromatic rings. The Morgan fingerprint density at radius 2 is 2.00 bits per heavy atom. The highest BCUT2D eigenvalue weighted by atomic mass is 35.5. The van der Waals surface area contributed by atoms with Crippen LogP contribution >= 0.6 is 11.6 Å². The van der Waals surface area contributed by atoms with Crippen LogP contribution in [-0.2, 0) is 13.0 Å². The minimum Gasteiger partial charge on any atom is -0.504 e. The lowest BCUT2D eigenvalue weighted by molar-refractivity contribution is -0.914. The maximum absolute atomic E-state index is 10.5. The van der Waals surface area contributed by atoms with E-state index in [1.165, 1.54) is 16.2 Å². The molecule has 27 heavy (non-hydrogen) atoms. The number of rotatable bonds is 6. The average Bonchev–Trinajstić information content (AvgIpc) is 2.67. The third-order valence-electron chi connectivity index (χ3n) is 5.24. The lowest BCUT2D eigenvalue weighted by atomic mass is 10.0. The van der Waals surface area contributed by atoms with Gasteiger partial charge < -0.3 is 19.6 Å². The number of aromatic hydroxyl groups is 1. The molecule has 0 unspecified atom stereocenters. The molecule has 3 rings (SSSR count). The second kappa shape index (κ2) is 8.68. The summed E-state index contributed by atoms with van der Waals surface area (Å²) >= 11 is 6.18. The van der Waals surface area contributed by atoms with Gasteiger partial charge in [0.15, 0.2) is 11.5 Å². The zero-order valence-electron chi connectivity index (χ0n) is 16.1. The monoisotopic (exact) mass is 387 g/mol. The standard InChI is InChI=1S/C22H27ClN2O2/c1-4-5-17-12-18(22(26)21(13-17)27-3)15-24-8-10-25(11-9-24)20-14-19(23)7-6-16(20)2/h4,6-7,12-14,26H,1,5,8-11,15H2,2-3H3/p+1. The van der Waals surface area contributed by atoms with Crippen molar-refractivity contribution in [1.82, 2.24) is 0 Å². The number of anilines is 1. The summed E-state index contributed by atoms with van der Waals surface area (Å²) in [5.74, 6) is 0.794. The third-order valence-corrected chi connectivity index (χ3v) is 5.47. The molecule has 0 bridgehead atoms. The Bertz CT molecular complexity index is 814. The number of nitrogens with zero attached hydrogens (tertiary/aromatic N) is 1. The normalized spacial score (nSPS) is 15.0. The molecule has 1 fully saturated rings. The Kier molecular flexibility index (Phi) is 6.30. The summed E-state index contributed by atoms with van der Waals surface area (Å²) in [5, 5.41) is 11.3. The molecule has 1 saturated heterocycles. The molecule has 1 aliphatic rings. The van der Waals surface area contributed by atoms with Crippen molar-refractivity contribution in [2.24, 2.45) is 0 Å². The Morgan fingerprint density at radius 1 is 1.26 bits per heavy atom. The van der Waals surface area contributed by atoms with Crippen molar-refractivity contribution in [2.45, 2.75) is 19.9 Å². The topological polar surface area (TPSA) is 37.1 Å². The highest BCUT2D eigenvalue weighted by Gasteiger charge is 2.23. The summed E-state index contributed by atoms with van der Waals surface area (Å²) in [4.78, 5) is 3.86. The molecule has 0 atom stereocenters. The van der Waals surface area contributed by atoms with Crippen LogP contribution in [0.5, 0.6) is 11.5 Å². The molecular formula is C22H28ClN2O2+.